The van der Waals surface area contributed by atoms with Gasteiger partial charge in [0.05, 0.1) is 64.8 Å². The van der Waals surface area contributed by atoms with Gasteiger partial charge in [0.1, 0.15) is 25.1 Å². The van der Waals surface area contributed by atoms with Crippen molar-refractivity contribution in [2.24, 2.45) is 23.7 Å². The highest BCUT2D eigenvalue weighted by molar-refractivity contribution is 9.11. The number of hydrogen-bond acceptors (Lipinski definition) is 21. The molecular weight excluding hydrogens is 1660 g/mol. The fraction of sp³-hybridized carbons (Fsp3) is 0.306. The van der Waals surface area contributed by atoms with Gasteiger partial charge < -0.3 is 24.6 Å². The summed E-state index contributed by atoms with van der Waals surface area (Å²) in [4.78, 5) is 31.7. The Morgan fingerprint density at radius 3 is 1.24 bits per heavy atom. The number of aromatic nitrogens is 8. The number of rotatable bonds is 11. The number of hydrogen-bond donors (Lipinski definition) is 3. The molecule has 35 heteroatoms. The maximum Gasteiger partial charge on any atom is 0.496 e. The van der Waals surface area contributed by atoms with E-state index in [2.05, 4.69) is 169 Å². The molecule has 554 valence electrons. The van der Waals surface area contributed by atoms with Gasteiger partial charge in [0.15, 0.2) is 20.1 Å². The molecule has 4 unspecified atom stereocenters. The highest BCUT2D eigenvalue weighted by atomic mass is 79.9. The smallest absolute Gasteiger partial charge is 0.399 e. The number of nitrogens with one attached hydrogen (secondary N) is 3. The van der Waals surface area contributed by atoms with E-state index in [1.54, 1.807) is 54.7 Å². The first-order valence-corrected chi connectivity index (χ1v) is 42.5. The van der Waals surface area contributed by atoms with Crippen LogP contribution >= 0.6 is 58.5 Å². The predicted octanol–water partition coefficient (Wildman–Crippen LogP) is 12.0. The summed E-state index contributed by atoms with van der Waals surface area (Å²) in [6.07, 6.45) is 6.28. The van der Waals surface area contributed by atoms with Gasteiger partial charge in [-0.05, 0) is 192 Å². The van der Waals surface area contributed by atoms with Gasteiger partial charge >= 0.3 is 7.12 Å². The minimum Gasteiger partial charge on any atom is -0.399 e. The molecule has 2 aromatic carbocycles. The van der Waals surface area contributed by atoms with Crippen molar-refractivity contribution in [3.63, 3.8) is 0 Å². The number of H-pyrrole nitrogens is 2. The largest absolute Gasteiger partial charge is 0.496 e. The molecule has 5 saturated heterocycles. The van der Waals surface area contributed by atoms with Gasteiger partial charge in [0, 0.05) is 102 Å². The minimum atomic E-state index is -3.74. The van der Waals surface area contributed by atoms with E-state index in [1.165, 1.54) is 37.2 Å². The summed E-state index contributed by atoms with van der Waals surface area (Å²) in [5.74, 6) is -0.397. The maximum absolute atomic E-state index is 13.0. The van der Waals surface area contributed by atoms with E-state index in [0.29, 0.717) is 64.3 Å². The minimum absolute atomic E-state index is 0.0114. The number of halogens is 4. The molecule has 5 fully saturated rings. The summed E-state index contributed by atoms with van der Waals surface area (Å²) >= 11 is 9.30. The van der Waals surface area contributed by atoms with Crippen LogP contribution in [-0.2, 0) is 48.4 Å². The second-order valence-corrected chi connectivity index (χ2v) is 36.6. The quantitative estimate of drug-likeness (QED) is 0.0615. The molecule has 26 nitrogen and oxygen atoms in total. The molecule has 15 rings (SSSR count). The van der Waals surface area contributed by atoms with E-state index in [0.717, 1.165) is 75.1 Å². The molecule has 13 heterocycles. The molecule has 10 aromatic rings. The summed E-state index contributed by atoms with van der Waals surface area (Å²) in [5, 5.41) is 39.9. The number of aromatic amines is 2. The Balaban J connectivity index is 0.000000145. The van der Waals surface area contributed by atoms with Crippen molar-refractivity contribution in [1.82, 2.24) is 58.1 Å². The van der Waals surface area contributed by atoms with Crippen LogP contribution in [0.1, 0.15) is 53.4 Å². The van der Waals surface area contributed by atoms with Crippen LogP contribution < -0.4 is 10.8 Å². The molecule has 0 amide bonds. The Kier molecular flexibility index (Phi) is 26.9. The fourth-order valence-corrected chi connectivity index (χ4v) is 17.9. The van der Waals surface area contributed by atoms with Gasteiger partial charge in [0.25, 0.3) is 39.1 Å². The first kappa shape index (κ1) is 81.3. The molecule has 0 saturated carbocycles. The Labute approximate surface area is 651 Å². The molecule has 0 radical (unpaired) electrons. The third kappa shape index (κ3) is 20.6. The zero-order valence-electron chi connectivity index (χ0n) is 58.1. The molecule has 8 aromatic heterocycles. The average Bonchev–Trinajstić information content (AvgIpc) is 1.57. The molecule has 0 spiro atoms. The lowest BCUT2D eigenvalue weighted by Gasteiger charge is -2.32. The summed E-state index contributed by atoms with van der Waals surface area (Å²) in [5.41, 5.74) is 7.38. The normalized spacial score (nSPS) is 19.1. The Morgan fingerprint density at radius 2 is 0.869 bits per heavy atom. The number of fused-ring (bicyclic) bond motifs is 2. The summed E-state index contributed by atoms with van der Waals surface area (Å²) in [6, 6.07) is 55.9. The highest BCUT2D eigenvalue weighted by Crippen LogP contribution is 2.37. The summed E-state index contributed by atoms with van der Waals surface area (Å²) in [7, 11) is -9.93. The van der Waals surface area contributed by atoms with Crippen LogP contribution in [0.25, 0.3) is 55.8 Å². The molecular formula is C72H71BBr3ClN16O10S4. The van der Waals surface area contributed by atoms with E-state index < -0.39 is 39.1 Å². The fourth-order valence-electron chi connectivity index (χ4n) is 11.5. The SMILES string of the molecule is CC1(C)OB(c2cnc3[nH]c(-c4ccccc4)cc3c2)OC1(C)C.N#CC1CCN(S(=O)(=O)c2cccc(-c3cnc4[nH]c(-c5ccccc5)cc4c3)n2)C1.N#CC1CCN(S(=O)(=O)c2cccc(Br)n2)C1.N#CC1CCN(S(=O)(=O)c2cccc(Br)n2)C1.N#CC1CCNC1.O=S(=O)(Cl)c1cccc(Br)n1. The second kappa shape index (κ2) is 35.4. The zero-order valence-corrected chi connectivity index (χ0v) is 66.9. The zero-order chi connectivity index (χ0) is 76.9. The van der Waals surface area contributed by atoms with Crippen LogP contribution in [0.4, 0.5) is 0 Å². The van der Waals surface area contributed by atoms with E-state index in [1.807, 2.05) is 66.9 Å². The number of nitrogens with zero attached hydrogens (tertiary/aromatic N) is 13. The second-order valence-electron chi connectivity index (χ2n) is 26.0. The lowest BCUT2D eigenvalue weighted by atomic mass is 9.80. The molecule has 5 aliphatic heterocycles. The number of sulfonamides is 3. The Hall–Kier alpha value is -8.27. The van der Waals surface area contributed by atoms with Crippen molar-refractivity contribution in [3.8, 4) is 58.0 Å². The molecule has 0 bridgehead atoms. The number of benzene rings is 2. The monoisotopic (exact) mass is 1730 g/mol. The molecule has 107 heavy (non-hydrogen) atoms. The maximum atomic E-state index is 13.0. The van der Waals surface area contributed by atoms with Crippen LogP contribution in [-0.4, -0.2) is 157 Å². The number of pyridine rings is 6. The third-order valence-corrected chi connectivity index (χ3v) is 25.9. The Bertz CT molecular complexity index is 5370. The lowest BCUT2D eigenvalue weighted by Crippen LogP contribution is -2.41. The third-order valence-electron chi connectivity index (χ3n) is 18.1. The van der Waals surface area contributed by atoms with Crippen molar-refractivity contribution in [1.29, 1.82) is 21.0 Å². The van der Waals surface area contributed by atoms with E-state index in [4.69, 9.17) is 41.0 Å². The summed E-state index contributed by atoms with van der Waals surface area (Å²) < 4.78 is 114. The highest BCUT2D eigenvalue weighted by Gasteiger charge is 2.52. The first-order chi connectivity index (χ1) is 50.9. The summed E-state index contributed by atoms with van der Waals surface area (Å²) in [6.45, 7) is 12.0. The standard InChI is InChI=1S/C23H19N5O2S.C19H21BN2O2.2C10H10BrN3O2S.C5H3BrClNO2S.C5H8N2/c24-13-16-9-10-28(15-16)31(29,30)22-8-4-7-20(26-22)19-11-18-12-21(27-23(18)25-14-19)17-5-2-1-3-6-17;1-18(2)19(3,4)24-20(23-18)15-10-14-11-16(22-17(14)21-12-15)13-8-6-5-7-9-13;2*11-9-2-1-3-10(13-9)17(15,16)14-5-4-8(6-12)7-14;6-4-2-1-3-5(8-4)11(7,9)10;6-3-5-1-2-7-4-5/h1-8,11-12,14,16H,9-10,15H2,(H,25,27);5-12H,1-4H3,(H,21,22);2*1-3,8H,4-5,7H2;1-3H;5,7H,1-2,4H2. The van der Waals surface area contributed by atoms with Crippen LogP contribution in [0.15, 0.2) is 204 Å². The van der Waals surface area contributed by atoms with Crippen LogP contribution in [0.5, 0.6) is 0 Å². The van der Waals surface area contributed by atoms with Gasteiger partial charge in [-0.25, -0.2) is 63.6 Å². The van der Waals surface area contributed by atoms with Crippen molar-refractivity contribution in [3.05, 3.63) is 184 Å². The van der Waals surface area contributed by atoms with Crippen molar-refractivity contribution in [2.75, 3.05) is 52.4 Å². The van der Waals surface area contributed by atoms with Crippen molar-refractivity contribution >= 4 is 132 Å². The van der Waals surface area contributed by atoms with Gasteiger partial charge in [-0.3, -0.25) is 0 Å². The average molecular weight is 1730 g/mol. The van der Waals surface area contributed by atoms with Gasteiger partial charge in [0.2, 0.25) is 0 Å². The Morgan fingerprint density at radius 1 is 0.477 bits per heavy atom. The molecule has 0 aliphatic carbocycles. The predicted molar refractivity (Wildman–Crippen MR) is 415 cm³/mol. The van der Waals surface area contributed by atoms with Gasteiger partial charge in [-0.1, -0.05) is 84.9 Å². The molecule has 3 N–H and O–H groups in total. The topological polar surface area (TPSA) is 381 Å². The molecule has 5 aliphatic rings. The van der Waals surface area contributed by atoms with Crippen LogP contribution in [0.2, 0.25) is 0 Å². The van der Waals surface area contributed by atoms with Gasteiger partial charge in [-0.15, -0.1) is 0 Å². The first-order valence-electron chi connectivity index (χ1n) is 33.4. The van der Waals surface area contributed by atoms with E-state index >= 15 is 0 Å². The number of nitriles is 4. The van der Waals surface area contributed by atoms with Crippen molar-refractivity contribution < 1.29 is 43.0 Å². The van der Waals surface area contributed by atoms with E-state index in [-0.39, 0.29) is 75.8 Å². The van der Waals surface area contributed by atoms with E-state index in [9.17, 15) is 33.7 Å². The van der Waals surface area contributed by atoms with Crippen molar-refractivity contribution in [2.45, 2.75) is 84.7 Å². The lowest BCUT2D eigenvalue weighted by molar-refractivity contribution is 0.00578. The van der Waals surface area contributed by atoms with Gasteiger partial charge in [-0.2, -0.15) is 34.0 Å². The van der Waals surface area contributed by atoms with Crippen LogP contribution in [0, 0.1) is 69.0 Å². The molecule has 4 atom stereocenters. The van der Waals surface area contributed by atoms with Crippen LogP contribution in [0.3, 0.4) is 0 Å².